The Morgan fingerprint density at radius 2 is 1.93 bits per heavy atom. The van der Waals surface area contributed by atoms with Crippen LogP contribution < -0.4 is 5.73 Å². The number of hydrogen-bond donors (Lipinski definition) is 1. The smallest absolute Gasteiger partial charge is 0.335 e. The Labute approximate surface area is 81.1 Å². The molecule has 0 bridgehead atoms. The zero-order valence-corrected chi connectivity index (χ0v) is 8.10. The van der Waals surface area contributed by atoms with Crippen LogP contribution in [0.4, 0.5) is 13.2 Å². The normalized spacial score (nSPS) is 11.5. The van der Waals surface area contributed by atoms with Gasteiger partial charge in [0, 0.05) is 13.1 Å². The van der Waals surface area contributed by atoms with Gasteiger partial charge in [0.2, 0.25) is 0 Å². The van der Waals surface area contributed by atoms with E-state index in [9.17, 15) is 18.0 Å². The summed E-state index contributed by atoms with van der Waals surface area (Å²) in [6.07, 6.45) is -3.88. The first kappa shape index (κ1) is 13.2. The summed E-state index contributed by atoms with van der Waals surface area (Å²) in [7, 11) is 0. The van der Waals surface area contributed by atoms with Crippen molar-refractivity contribution in [1.29, 1.82) is 0 Å². The van der Waals surface area contributed by atoms with Gasteiger partial charge < -0.3 is 10.6 Å². The third-order valence-corrected chi connectivity index (χ3v) is 1.66. The predicted molar refractivity (Wildman–Crippen MR) is 46.6 cm³/mol. The topological polar surface area (TPSA) is 46.3 Å². The third-order valence-electron chi connectivity index (χ3n) is 1.66. The Morgan fingerprint density at radius 1 is 1.36 bits per heavy atom. The highest BCUT2D eigenvalue weighted by molar-refractivity contribution is 5.81. The maximum Gasteiger partial charge on any atom is 0.471 e. The average molecular weight is 212 g/mol. The summed E-state index contributed by atoms with van der Waals surface area (Å²) in [6, 6.07) is 0. The highest BCUT2D eigenvalue weighted by Gasteiger charge is 2.41. The van der Waals surface area contributed by atoms with Crippen LogP contribution in [0.15, 0.2) is 0 Å². The number of alkyl halides is 3. The summed E-state index contributed by atoms with van der Waals surface area (Å²) >= 11 is 0. The molecule has 14 heavy (non-hydrogen) atoms. The summed E-state index contributed by atoms with van der Waals surface area (Å²) in [5, 5.41) is 0. The van der Waals surface area contributed by atoms with Gasteiger partial charge in [-0.3, -0.25) is 4.79 Å². The van der Waals surface area contributed by atoms with Gasteiger partial charge in [-0.25, -0.2) is 0 Å². The third kappa shape index (κ3) is 4.45. The largest absolute Gasteiger partial charge is 0.471 e. The van der Waals surface area contributed by atoms with Crippen LogP contribution in [0.25, 0.3) is 0 Å². The van der Waals surface area contributed by atoms with Gasteiger partial charge in [-0.15, -0.1) is 0 Å². The summed E-state index contributed by atoms with van der Waals surface area (Å²) in [4.78, 5) is 11.6. The number of nitrogens with two attached hydrogens (primary N) is 1. The lowest BCUT2D eigenvalue weighted by atomic mass is 10.3. The first-order valence-electron chi connectivity index (χ1n) is 4.49. The molecule has 84 valence electrons. The van der Waals surface area contributed by atoms with Crippen molar-refractivity contribution in [2.24, 2.45) is 5.73 Å². The van der Waals surface area contributed by atoms with Crippen molar-refractivity contribution >= 4 is 5.91 Å². The fraction of sp³-hybridized carbons (Fsp3) is 0.875. The molecule has 1 amide bonds. The maximum atomic E-state index is 12.0. The van der Waals surface area contributed by atoms with Crippen LogP contribution in [-0.2, 0) is 4.79 Å². The van der Waals surface area contributed by atoms with Crippen LogP contribution >= 0.6 is 0 Å². The van der Waals surface area contributed by atoms with Gasteiger partial charge in [-0.05, 0) is 19.4 Å². The minimum atomic E-state index is -4.77. The van der Waals surface area contributed by atoms with Gasteiger partial charge in [-0.2, -0.15) is 13.2 Å². The highest BCUT2D eigenvalue weighted by atomic mass is 19.4. The molecule has 6 heteroatoms. The Bertz CT molecular complexity index is 182. The second-order valence-electron chi connectivity index (χ2n) is 2.93. The molecular formula is C8H15F3N2O. The van der Waals surface area contributed by atoms with E-state index in [1.807, 2.05) is 0 Å². The van der Waals surface area contributed by atoms with E-state index >= 15 is 0 Å². The molecule has 0 radical (unpaired) electrons. The first-order chi connectivity index (χ1) is 6.43. The fourth-order valence-corrected chi connectivity index (χ4v) is 1.05. The van der Waals surface area contributed by atoms with E-state index in [0.29, 0.717) is 12.8 Å². The van der Waals surface area contributed by atoms with Crippen LogP contribution in [0.3, 0.4) is 0 Å². The predicted octanol–water partition coefficient (Wildman–Crippen LogP) is 1.14. The van der Waals surface area contributed by atoms with E-state index in [1.165, 1.54) is 0 Å². The van der Waals surface area contributed by atoms with Crippen molar-refractivity contribution < 1.29 is 18.0 Å². The monoisotopic (exact) mass is 212 g/mol. The molecule has 0 fully saturated rings. The Balaban J connectivity index is 4.25. The van der Waals surface area contributed by atoms with E-state index in [2.05, 4.69) is 0 Å². The van der Waals surface area contributed by atoms with Gasteiger partial charge in [0.15, 0.2) is 0 Å². The number of amides is 1. The molecular weight excluding hydrogens is 197 g/mol. The van der Waals surface area contributed by atoms with Crippen molar-refractivity contribution in [2.75, 3.05) is 19.6 Å². The van der Waals surface area contributed by atoms with Gasteiger partial charge in [0.25, 0.3) is 0 Å². The molecule has 0 saturated carbocycles. The second-order valence-corrected chi connectivity index (χ2v) is 2.93. The molecule has 3 nitrogen and oxygen atoms in total. The number of rotatable bonds is 5. The fourth-order valence-electron chi connectivity index (χ4n) is 1.05. The van der Waals surface area contributed by atoms with E-state index < -0.39 is 12.1 Å². The SMILES string of the molecule is CCCN(CCCN)C(=O)C(F)(F)F. The van der Waals surface area contributed by atoms with Crippen LogP contribution in [0.5, 0.6) is 0 Å². The van der Waals surface area contributed by atoms with Crippen molar-refractivity contribution in [3.8, 4) is 0 Å². The second kappa shape index (κ2) is 5.85. The van der Waals surface area contributed by atoms with E-state index in [1.54, 1.807) is 6.92 Å². The number of halogens is 3. The van der Waals surface area contributed by atoms with Gasteiger partial charge in [-0.1, -0.05) is 6.92 Å². The number of carbonyl (C=O) groups excluding carboxylic acids is 1. The van der Waals surface area contributed by atoms with Gasteiger partial charge in [0.1, 0.15) is 0 Å². The molecule has 0 saturated heterocycles. The maximum absolute atomic E-state index is 12.0. The first-order valence-corrected chi connectivity index (χ1v) is 4.49. The van der Waals surface area contributed by atoms with Crippen LogP contribution in [0, 0.1) is 0 Å². The van der Waals surface area contributed by atoms with Crippen LogP contribution in [0.1, 0.15) is 19.8 Å². The van der Waals surface area contributed by atoms with Gasteiger partial charge >= 0.3 is 12.1 Å². The molecule has 0 aliphatic heterocycles. The summed E-state index contributed by atoms with van der Waals surface area (Å²) < 4.78 is 36.1. The molecule has 0 aliphatic carbocycles. The molecule has 0 aliphatic rings. The minimum Gasteiger partial charge on any atom is -0.335 e. The zero-order chi connectivity index (χ0) is 11.2. The molecule has 0 unspecified atom stereocenters. The molecule has 0 spiro atoms. The Kier molecular flexibility index (Phi) is 5.52. The Morgan fingerprint density at radius 3 is 2.29 bits per heavy atom. The summed E-state index contributed by atoms with van der Waals surface area (Å²) in [5.74, 6) is -1.77. The highest BCUT2D eigenvalue weighted by Crippen LogP contribution is 2.18. The number of nitrogens with zero attached hydrogens (tertiary/aromatic N) is 1. The average Bonchev–Trinajstić information content (AvgIpc) is 2.09. The Hall–Kier alpha value is -0.780. The molecule has 0 aromatic rings. The van der Waals surface area contributed by atoms with Crippen molar-refractivity contribution in [2.45, 2.75) is 25.9 Å². The minimum absolute atomic E-state index is 0.0721. The van der Waals surface area contributed by atoms with Crippen molar-refractivity contribution in [3.63, 3.8) is 0 Å². The molecule has 2 N–H and O–H groups in total. The van der Waals surface area contributed by atoms with E-state index in [0.717, 1.165) is 4.90 Å². The molecule has 0 rings (SSSR count). The molecule has 0 heterocycles. The van der Waals surface area contributed by atoms with Crippen LogP contribution in [0.2, 0.25) is 0 Å². The standard InChI is InChI=1S/C8H15F3N2O/c1-2-5-13(6-3-4-12)7(14)8(9,10)11/h2-6,12H2,1H3. The number of hydrogen-bond acceptors (Lipinski definition) is 2. The summed E-state index contributed by atoms with van der Waals surface area (Å²) in [6.45, 7) is 2.20. The number of carbonyl (C=O) groups is 1. The lowest BCUT2D eigenvalue weighted by Crippen LogP contribution is -2.42. The quantitative estimate of drug-likeness (QED) is 0.742. The van der Waals surface area contributed by atoms with Crippen molar-refractivity contribution in [3.05, 3.63) is 0 Å². The molecule has 0 atom stereocenters. The summed E-state index contributed by atoms with van der Waals surface area (Å²) in [5.41, 5.74) is 5.16. The van der Waals surface area contributed by atoms with Crippen molar-refractivity contribution in [1.82, 2.24) is 4.90 Å². The van der Waals surface area contributed by atoms with E-state index in [-0.39, 0.29) is 19.6 Å². The lowest BCUT2D eigenvalue weighted by Gasteiger charge is -2.22. The lowest BCUT2D eigenvalue weighted by molar-refractivity contribution is -0.185. The van der Waals surface area contributed by atoms with Gasteiger partial charge in [0.05, 0.1) is 0 Å². The van der Waals surface area contributed by atoms with Crippen LogP contribution in [-0.4, -0.2) is 36.6 Å². The zero-order valence-electron chi connectivity index (χ0n) is 8.10. The molecule has 0 aromatic heterocycles. The van der Waals surface area contributed by atoms with E-state index in [4.69, 9.17) is 5.73 Å². The molecule has 0 aromatic carbocycles.